The molecule has 2 aliphatic heterocycles. The number of hydrogen-bond acceptors (Lipinski definition) is 8. The predicted octanol–water partition coefficient (Wildman–Crippen LogP) is 4.60. The second-order valence-electron chi connectivity index (χ2n) is 8.58. The van der Waals surface area contributed by atoms with Gasteiger partial charge in [-0.2, -0.15) is 10.2 Å². The summed E-state index contributed by atoms with van der Waals surface area (Å²) in [5.41, 5.74) is 2.75. The maximum Gasteiger partial charge on any atom is 0.269 e. The van der Waals surface area contributed by atoms with Gasteiger partial charge < -0.3 is 9.47 Å². The van der Waals surface area contributed by atoms with Crippen molar-refractivity contribution < 1.29 is 14.4 Å². The van der Waals surface area contributed by atoms with Crippen molar-refractivity contribution in [1.29, 1.82) is 0 Å². The van der Waals surface area contributed by atoms with Gasteiger partial charge in [0.1, 0.15) is 11.8 Å². The number of rotatable bonds is 6. The Morgan fingerprint density at radius 1 is 0.972 bits per heavy atom. The van der Waals surface area contributed by atoms with Crippen LogP contribution in [0.5, 0.6) is 5.75 Å². The molecule has 2 bridgehead atoms. The normalized spacial score (nSPS) is 21.8. The van der Waals surface area contributed by atoms with E-state index in [1.165, 1.54) is 12.1 Å². The first kappa shape index (κ1) is 21.9. The lowest BCUT2D eigenvalue weighted by Crippen LogP contribution is -2.57. The molecule has 0 radical (unpaired) electrons. The van der Waals surface area contributed by atoms with Gasteiger partial charge in [-0.05, 0) is 41.5 Å². The molecule has 3 aromatic rings. The van der Waals surface area contributed by atoms with Crippen LogP contribution in [0.25, 0.3) is 5.57 Å². The summed E-state index contributed by atoms with van der Waals surface area (Å²) < 4.78 is 11.7. The lowest BCUT2D eigenvalue weighted by Gasteiger charge is -2.40. The monoisotopic (exact) mass is 481 g/mol. The molecule has 3 aliphatic rings. The smallest absolute Gasteiger partial charge is 0.269 e. The zero-order chi connectivity index (χ0) is 24.9. The SMILES string of the molecule is COc1cccc(C2=CC3(OC)C(C=C2)N2N=C(c4ccccc4)N3N2c2ccc([N+](=O)[O-])cc2)c1. The molecule has 0 saturated carbocycles. The van der Waals surface area contributed by atoms with Crippen LogP contribution < -0.4 is 9.85 Å². The highest BCUT2D eigenvalue weighted by molar-refractivity contribution is 6.02. The van der Waals surface area contributed by atoms with Crippen LogP contribution in [0.3, 0.4) is 0 Å². The van der Waals surface area contributed by atoms with Crippen molar-refractivity contribution in [2.45, 2.75) is 11.8 Å². The maximum atomic E-state index is 11.2. The number of fused-ring (bicyclic) bond motifs is 5. The lowest BCUT2D eigenvalue weighted by molar-refractivity contribution is -0.384. The fourth-order valence-corrected chi connectivity index (χ4v) is 4.93. The molecule has 0 N–H and O–H groups in total. The minimum atomic E-state index is -0.915. The molecule has 0 aromatic heterocycles. The highest BCUT2D eigenvalue weighted by atomic mass is 16.6. The Hall–Kier alpha value is -4.63. The molecule has 0 spiro atoms. The first-order valence-electron chi connectivity index (χ1n) is 11.4. The topological polar surface area (TPSA) is 83.7 Å². The summed E-state index contributed by atoms with van der Waals surface area (Å²) in [5, 5.41) is 22.0. The minimum absolute atomic E-state index is 0.0264. The molecule has 6 rings (SSSR count). The number of ether oxygens (including phenoxy) is 2. The number of nitro groups is 1. The summed E-state index contributed by atoms with van der Waals surface area (Å²) in [6, 6.07) is 23.9. The largest absolute Gasteiger partial charge is 0.497 e. The third-order valence-corrected chi connectivity index (χ3v) is 6.66. The Bertz CT molecular complexity index is 1420. The quantitative estimate of drug-likeness (QED) is 0.376. The zero-order valence-electron chi connectivity index (χ0n) is 19.7. The van der Waals surface area contributed by atoms with Crippen LogP contribution in [-0.4, -0.2) is 46.9 Å². The summed E-state index contributed by atoms with van der Waals surface area (Å²) in [6.07, 6.45) is 6.23. The Morgan fingerprint density at radius 3 is 2.42 bits per heavy atom. The summed E-state index contributed by atoms with van der Waals surface area (Å²) in [4.78, 5) is 10.8. The predicted molar refractivity (Wildman–Crippen MR) is 136 cm³/mol. The van der Waals surface area contributed by atoms with Gasteiger partial charge in [-0.3, -0.25) is 10.1 Å². The van der Waals surface area contributed by atoms with E-state index in [4.69, 9.17) is 14.6 Å². The van der Waals surface area contributed by atoms with Crippen LogP contribution in [-0.2, 0) is 4.74 Å². The number of amidine groups is 1. The van der Waals surface area contributed by atoms with Crippen LogP contribution in [0.1, 0.15) is 11.1 Å². The van der Waals surface area contributed by atoms with Crippen molar-refractivity contribution in [3.8, 4) is 5.75 Å². The average Bonchev–Trinajstić information content (AvgIpc) is 3.46. The number of hydrazine groups is 2. The number of non-ortho nitro benzene ring substituents is 1. The Balaban J connectivity index is 1.50. The Morgan fingerprint density at radius 2 is 1.72 bits per heavy atom. The number of hydrazone groups is 1. The Kier molecular flexibility index (Phi) is 5.01. The van der Waals surface area contributed by atoms with Crippen molar-refractivity contribution in [1.82, 2.24) is 10.1 Å². The van der Waals surface area contributed by atoms with E-state index in [2.05, 4.69) is 18.2 Å². The minimum Gasteiger partial charge on any atom is -0.497 e. The number of anilines is 1. The summed E-state index contributed by atoms with van der Waals surface area (Å²) >= 11 is 0. The van der Waals surface area contributed by atoms with Crippen LogP contribution in [0.4, 0.5) is 11.4 Å². The molecule has 9 nitrogen and oxygen atoms in total. The molecule has 2 heterocycles. The average molecular weight is 482 g/mol. The van der Waals surface area contributed by atoms with Gasteiger partial charge in [0.25, 0.3) is 5.69 Å². The third kappa shape index (κ3) is 3.17. The lowest BCUT2D eigenvalue weighted by atomic mass is 9.89. The van der Waals surface area contributed by atoms with Crippen molar-refractivity contribution in [3.05, 3.63) is 118 Å². The van der Waals surface area contributed by atoms with Crippen LogP contribution in [0.15, 0.2) is 102 Å². The zero-order valence-corrected chi connectivity index (χ0v) is 19.7. The summed E-state index contributed by atoms with van der Waals surface area (Å²) in [7, 11) is 3.33. The van der Waals surface area contributed by atoms with Crippen LogP contribution in [0.2, 0.25) is 0 Å². The molecule has 2 atom stereocenters. The van der Waals surface area contributed by atoms with Gasteiger partial charge in [0.05, 0.1) is 17.7 Å². The number of hydrogen-bond donors (Lipinski definition) is 0. The summed E-state index contributed by atoms with van der Waals surface area (Å²) in [5.74, 6) is 1.48. The summed E-state index contributed by atoms with van der Waals surface area (Å²) in [6.45, 7) is 0. The molecule has 0 amide bonds. The first-order chi connectivity index (χ1) is 17.6. The molecule has 36 heavy (non-hydrogen) atoms. The Labute approximate surface area is 207 Å². The van der Waals surface area contributed by atoms with E-state index in [0.717, 1.165) is 28.1 Å². The molecule has 180 valence electrons. The van der Waals surface area contributed by atoms with E-state index in [0.29, 0.717) is 5.84 Å². The fourth-order valence-electron chi connectivity index (χ4n) is 4.93. The van der Waals surface area contributed by atoms with Crippen LogP contribution >= 0.6 is 0 Å². The highest BCUT2D eigenvalue weighted by Crippen LogP contribution is 2.48. The van der Waals surface area contributed by atoms with Crippen LogP contribution in [0, 0.1) is 10.1 Å². The van der Waals surface area contributed by atoms with E-state index in [1.54, 1.807) is 26.4 Å². The van der Waals surface area contributed by atoms with E-state index in [9.17, 15) is 10.1 Å². The number of methoxy groups -OCH3 is 2. The van der Waals surface area contributed by atoms with E-state index in [1.807, 2.05) is 69.8 Å². The molecular weight excluding hydrogens is 458 g/mol. The van der Waals surface area contributed by atoms with E-state index < -0.39 is 10.6 Å². The van der Waals surface area contributed by atoms with Gasteiger partial charge in [0, 0.05) is 24.8 Å². The van der Waals surface area contributed by atoms with Crippen molar-refractivity contribution in [2.24, 2.45) is 5.10 Å². The molecule has 1 aliphatic carbocycles. The standard InChI is InChI=1S/C27H23N5O4/c1-35-24-10-6-9-20(17-24)21-11-16-25-27(18-21,36-2)29-26(19-7-4-3-5-8-19)28-30(25)31(29)22-12-14-23(15-13-22)32(33)34/h3-18,25H,1-2H3. The second-order valence-corrected chi connectivity index (χ2v) is 8.58. The van der Waals surface area contributed by atoms with Crippen molar-refractivity contribution >= 4 is 22.8 Å². The fraction of sp³-hybridized carbons (Fsp3) is 0.148. The third-order valence-electron chi connectivity index (χ3n) is 6.66. The van der Waals surface area contributed by atoms with Crippen molar-refractivity contribution in [3.63, 3.8) is 0 Å². The van der Waals surface area contributed by atoms with Gasteiger partial charge >= 0.3 is 0 Å². The van der Waals surface area contributed by atoms with Gasteiger partial charge in [-0.1, -0.05) is 54.6 Å². The second kappa shape index (κ2) is 8.24. The number of benzene rings is 3. The van der Waals surface area contributed by atoms with Crippen molar-refractivity contribution in [2.75, 3.05) is 19.3 Å². The molecule has 3 aromatic carbocycles. The first-order valence-corrected chi connectivity index (χ1v) is 11.4. The number of nitro benzene ring substituents is 1. The molecule has 2 unspecified atom stereocenters. The molecule has 9 heteroatoms. The van der Waals surface area contributed by atoms with Gasteiger partial charge in [-0.25, -0.2) is 5.01 Å². The number of allylic oxidation sites excluding steroid dienone is 2. The highest BCUT2D eigenvalue weighted by Gasteiger charge is 2.62. The maximum absolute atomic E-state index is 11.2. The molecule has 1 fully saturated rings. The van der Waals surface area contributed by atoms with E-state index in [-0.39, 0.29) is 11.7 Å². The van der Waals surface area contributed by atoms with Gasteiger partial charge in [0.2, 0.25) is 5.72 Å². The molecular formula is C27H23N5O4. The van der Waals surface area contributed by atoms with E-state index >= 15 is 0 Å². The number of nitrogens with zero attached hydrogens (tertiary/aromatic N) is 5. The van der Waals surface area contributed by atoms with Gasteiger partial charge in [0.15, 0.2) is 5.84 Å². The molecule has 1 saturated heterocycles. The van der Waals surface area contributed by atoms with Gasteiger partial charge in [-0.15, -0.1) is 5.10 Å².